The van der Waals surface area contributed by atoms with Gasteiger partial charge in [0.15, 0.2) is 0 Å². The second-order valence-corrected chi connectivity index (χ2v) is 20.9. The molecular weight excluding hydrogens is 799 g/mol. The van der Waals surface area contributed by atoms with E-state index in [1.54, 1.807) is 6.08 Å². The predicted octanol–water partition coefficient (Wildman–Crippen LogP) is 18.7. The lowest BCUT2D eigenvalue weighted by molar-refractivity contribution is -0.131. The van der Waals surface area contributed by atoms with E-state index in [0.29, 0.717) is 6.42 Å². The second kappa shape index (κ2) is 55.7. The minimum Gasteiger partial charge on any atom is -0.394 e. The van der Waals surface area contributed by atoms with Crippen LogP contribution in [-0.4, -0.2) is 46.1 Å². The van der Waals surface area contributed by atoms with Gasteiger partial charge in [0, 0.05) is 0 Å². The molecule has 0 saturated carbocycles. The molecule has 388 valence electrons. The number of carbonyl (C=O) groups excluding carboxylic acids is 1. The lowest BCUT2D eigenvalue weighted by atomic mass is 10.0. The molecule has 0 bridgehead atoms. The van der Waals surface area contributed by atoms with Crippen molar-refractivity contribution in [3.05, 3.63) is 12.2 Å². The Kier molecular flexibility index (Phi) is 54.9. The minimum atomic E-state index is -1.09. The maximum atomic E-state index is 12.6. The lowest BCUT2D eigenvalue weighted by Gasteiger charge is -2.21. The van der Waals surface area contributed by atoms with Gasteiger partial charge in [-0.25, -0.2) is 0 Å². The molecule has 0 aromatic rings. The van der Waals surface area contributed by atoms with Gasteiger partial charge in [0.2, 0.25) is 5.91 Å². The van der Waals surface area contributed by atoms with Crippen LogP contribution in [0.4, 0.5) is 0 Å². The number of nitrogens with one attached hydrogen (secondary N) is 1. The molecule has 0 aliphatic carbocycles. The molecule has 0 aliphatic rings. The zero-order chi connectivity index (χ0) is 47.2. The number of unbranched alkanes of at least 4 members (excludes halogenated alkanes) is 48. The highest BCUT2D eigenvalue weighted by molar-refractivity contribution is 5.80. The van der Waals surface area contributed by atoms with Gasteiger partial charge in [-0.2, -0.15) is 0 Å². The molecule has 1 amide bonds. The number of amides is 1. The second-order valence-electron chi connectivity index (χ2n) is 20.9. The molecule has 0 aliphatic heterocycles. The number of hydrogen-bond donors (Lipinski definition) is 4. The van der Waals surface area contributed by atoms with Gasteiger partial charge in [0.1, 0.15) is 6.10 Å². The van der Waals surface area contributed by atoms with Gasteiger partial charge in [-0.15, -0.1) is 0 Å². The molecule has 0 aromatic carbocycles. The fourth-order valence-electron chi connectivity index (χ4n) is 9.72. The maximum Gasteiger partial charge on any atom is 0.249 e. The third kappa shape index (κ3) is 50.8. The minimum absolute atomic E-state index is 0.358. The average Bonchev–Trinajstić information content (AvgIpc) is 3.31. The van der Waals surface area contributed by atoms with Crippen molar-refractivity contribution in [1.82, 2.24) is 5.32 Å². The smallest absolute Gasteiger partial charge is 0.249 e. The molecule has 5 heteroatoms. The quantitative estimate of drug-likeness (QED) is 0.0361. The maximum absolute atomic E-state index is 12.6. The van der Waals surface area contributed by atoms with Crippen molar-refractivity contribution in [2.45, 2.75) is 360 Å². The Balaban J connectivity index is 3.51. The predicted molar refractivity (Wildman–Crippen MR) is 287 cm³/mol. The Morgan fingerprint density at radius 1 is 0.369 bits per heavy atom. The molecule has 0 heterocycles. The Labute approximate surface area is 408 Å². The van der Waals surface area contributed by atoms with Crippen molar-refractivity contribution < 1.29 is 20.1 Å². The molecule has 4 N–H and O–H groups in total. The first-order chi connectivity index (χ1) is 32.1. The summed E-state index contributed by atoms with van der Waals surface area (Å²) in [6.45, 7) is 4.23. The molecule has 0 rings (SSSR count). The SMILES string of the molecule is CCCCCCCCCCCCCCCCCCCCCCC/C=C/C(O)C(CO)NC(=O)C(O)CCCCCCCCCCCCCCCCCCCCCCCCCCCCCC. The third-order valence-corrected chi connectivity index (χ3v) is 14.4. The zero-order valence-electron chi connectivity index (χ0n) is 44.4. The van der Waals surface area contributed by atoms with Crippen LogP contribution < -0.4 is 5.32 Å². The summed E-state index contributed by atoms with van der Waals surface area (Å²) >= 11 is 0. The van der Waals surface area contributed by atoms with E-state index in [2.05, 4.69) is 19.2 Å². The summed E-state index contributed by atoms with van der Waals surface area (Å²) in [5, 5.41) is 33.4. The van der Waals surface area contributed by atoms with E-state index in [-0.39, 0.29) is 6.61 Å². The Morgan fingerprint density at radius 2 is 0.600 bits per heavy atom. The summed E-state index contributed by atoms with van der Waals surface area (Å²) < 4.78 is 0. The zero-order valence-corrected chi connectivity index (χ0v) is 44.4. The van der Waals surface area contributed by atoms with Crippen molar-refractivity contribution in [3.8, 4) is 0 Å². The number of allylic oxidation sites excluding steroid dienone is 1. The molecule has 0 fully saturated rings. The van der Waals surface area contributed by atoms with Crippen molar-refractivity contribution in [2.75, 3.05) is 6.61 Å². The summed E-state index contributed by atoms with van der Waals surface area (Å²) in [5.74, 6) is -0.495. The molecule has 0 saturated heterocycles. The standard InChI is InChI=1S/C60H119NO4/c1-3-5-7-9-11-13-15-17-19-21-23-25-27-28-29-30-31-33-35-37-39-41-43-45-47-49-51-53-55-59(64)60(65)61-57(56-62)58(63)54-52-50-48-46-44-42-40-38-36-34-32-26-24-22-20-18-16-14-12-10-8-6-4-2/h52,54,57-59,62-64H,3-51,53,55-56H2,1-2H3,(H,61,65)/b54-52+. The number of rotatable bonds is 56. The van der Waals surface area contributed by atoms with E-state index in [9.17, 15) is 20.1 Å². The summed E-state index contributed by atoms with van der Waals surface area (Å²) in [6.07, 6.45) is 70.2. The van der Waals surface area contributed by atoms with Crippen LogP contribution >= 0.6 is 0 Å². The van der Waals surface area contributed by atoms with E-state index < -0.39 is 24.2 Å². The molecule has 0 spiro atoms. The molecule has 3 atom stereocenters. The lowest BCUT2D eigenvalue weighted by Crippen LogP contribution is -2.48. The average molecular weight is 919 g/mol. The molecule has 0 aromatic heterocycles. The summed E-state index contributed by atoms with van der Waals surface area (Å²) in [7, 11) is 0. The van der Waals surface area contributed by atoms with Gasteiger partial charge < -0.3 is 20.6 Å². The van der Waals surface area contributed by atoms with E-state index in [0.717, 1.165) is 32.1 Å². The van der Waals surface area contributed by atoms with E-state index >= 15 is 0 Å². The molecule has 65 heavy (non-hydrogen) atoms. The van der Waals surface area contributed by atoms with Crippen LogP contribution in [0.5, 0.6) is 0 Å². The van der Waals surface area contributed by atoms with Crippen LogP contribution in [0, 0.1) is 0 Å². The molecule has 5 nitrogen and oxygen atoms in total. The van der Waals surface area contributed by atoms with Crippen molar-refractivity contribution in [3.63, 3.8) is 0 Å². The van der Waals surface area contributed by atoms with Gasteiger partial charge in [-0.1, -0.05) is 334 Å². The number of aliphatic hydroxyl groups excluding tert-OH is 3. The molecule has 0 radical (unpaired) electrons. The molecule has 3 unspecified atom stereocenters. The van der Waals surface area contributed by atoms with Crippen molar-refractivity contribution >= 4 is 5.91 Å². The van der Waals surface area contributed by atoms with Gasteiger partial charge in [-0.3, -0.25) is 4.79 Å². The number of aliphatic hydroxyl groups is 3. The third-order valence-electron chi connectivity index (χ3n) is 14.4. The Morgan fingerprint density at radius 3 is 0.846 bits per heavy atom. The Hall–Kier alpha value is -0.910. The highest BCUT2D eigenvalue weighted by Gasteiger charge is 2.22. The van der Waals surface area contributed by atoms with E-state index in [1.165, 1.54) is 289 Å². The monoisotopic (exact) mass is 918 g/mol. The van der Waals surface area contributed by atoms with Gasteiger partial charge in [0.05, 0.1) is 18.8 Å². The first-order valence-corrected chi connectivity index (χ1v) is 30.0. The number of carbonyl (C=O) groups is 1. The van der Waals surface area contributed by atoms with Crippen LogP contribution in [0.15, 0.2) is 12.2 Å². The Bertz CT molecular complexity index is 925. The van der Waals surface area contributed by atoms with Crippen LogP contribution in [-0.2, 0) is 4.79 Å². The van der Waals surface area contributed by atoms with Gasteiger partial charge in [-0.05, 0) is 19.3 Å². The highest BCUT2D eigenvalue weighted by atomic mass is 16.3. The number of hydrogen-bond acceptors (Lipinski definition) is 4. The molecular formula is C60H119NO4. The normalized spacial score (nSPS) is 13.2. The van der Waals surface area contributed by atoms with Crippen LogP contribution in [0.25, 0.3) is 0 Å². The largest absolute Gasteiger partial charge is 0.394 e. The van der Waals surface area contributed by atoms with Crippen molar-refractivity contribution in [1.29, 1.82) is 0 Å². The van der Waals surface area contributed by atoms with Gasteiger partial charge >= 0.3 is 0 Å². The van der Waals surface area contributed by atoms with E-state index in [4.69, 9.17) is 0 Å². The summed E-state index contributed by atoms with van der Waals surface area (Å²) in [6, 6.07) is -0.795. The fourth-order valence-corrected chi connectivity index (χ4v) is 9.72. The van der Waals surface area contributed by atoms with Crippen LogP contribution in [0.3, 0.4) is 0 Å². The van der Waals surface area contributed by atoms with Crippen molar-refractivity contribution in [2.24, 2.45) is 0 Å². The van der Waals surface area contributed by atoms with Crippen LogP contribution in [0.2, 0.25) is 0 Å². The summed E-state index contributed by atoms with van der Waals surface area (Å²) in [4.78, 5) is 12.6. The van der Waals surface area contributed by atoms with Gasteiger partial charge in [0.25, 0.3) is 0 Å². The summed E-state index contributed by atoms with van der Waals surface area (Å²) in [5.41, 5.74) is 0. The first-order valence-electron chi connectivity index (χ1n) is 30.0. The van der Waals surface area contributed by atoms with E-state index in [1.807, 2.05) is 6.08 Å². The highest BCUT2D eigenvalue weighted by Crippen LogP contribution is 2.19. The van der Waals surface area contributed by atoms with Crippen LogP contribution in [0.1, 0.15) is 341 Å². The fraction of sp³-hybridized carbons (Fsp3) is 0.950. The topological polar surface area (TPSA) is 89.8 Å². The first kappa shape index (κ1) is 64.1.